The molecule has 28 heavy (non-hydrogen) atoms. The van der Waals surface area contributed by atoms with Gasteiger partial charge in [-0.2, -0.15) is 0 Å². The van der Waals surface area contributed by atoms with Crippen molar-refractivity contribution in [2.24, 2.45) is 0 Å². The lowest BCUT2D eigenvalue weighted by Gasteiger charge is -2.33. The van der Waals surface area contributed by atoms with Gasteiger partial charge in [-0.1, -0.05) is 29.8 Å². The van der Waals surface area contributed by atoms with Gasteiger partial charge in [0.05, 0.1) is 12.3 Å². The summed E-state index contributed by atoms with van der Waals surface area (Å²) in [6, 6.07) is 8.19. The molecule has 3 aromatic rings. The maximum Gasteiger partial charge on any atom is 0.409 e. The fourth-order valence-corrected chi connectivity index (χ4v) is 4.12. The van der Waals surface area contributed by atoms with Crippen molar-refractivity contribution in [2.45, 2.75) is 13.8 Å². The molecule has 1 fully saturated rings. The molecule has 2 aromatic heterocycles. The number of hydrogen-bond acceptors (Lipinski definition) is 5. The van der Waals surface area contributed by atoms with Gasteiger partial charge in [-0.05, 0) is 13.8 Å². The van der Waals surface area contributed by atoms with Crippen molar-refractivity contribution in [3.63, 3.8) is 0 Å². The van der Waals surface area contributed by atoms with Crippen LogP contribution in [0.1, 0.15) is 23.0 Å². The Morgan fingerprint density at radius 3 is 2.46 bits per heavy atom. The highest BCUT2D eigenvalue weighted by molar-refractivity contribution is 7.15. The molecule has 1 saturated heterocycles. The summed E-state index contributed by atoms with van der Waals surface area (Å²) in [5, 5.41) is 1.85. The summed E-state index contributed by atoms with van der Waals surface area (Å²) >= 11 is 1.46. The molecule has 8 heteroatoms. The molecule has 2 amide bonds. The Kier molecular flexibility index (Phi) is 5.04. The molecule has 0 spiro atoms. The van der Waals surface area contributed by atoms with E-state index in [0.717, 1.165) is 16.2 Å². The van der Waals surface area contributed by atoms with Gasteiger partial charge in [0.15, 0.2) is 4.96 Å². The number of nitrogens with zero attached hydrogens (tertiary/aromatic N) is 4. The summed E-state index contributed by atoms with van der Waals surface area (Å²) in [5.41, 5.74) is 3.69. The summed E-state index contributed by atoms with van der Waals surface area (Å²) < 4.78 is 6.89. The van der Waals surface area contributed by atoms with Crippen molar-refractivity contribution in [1.82, 2.24) is 19.2 Å². The summed E-state index contributed by atoms with van der Waals surface area (Å²) in [6.45, 7) is 6.15. The van der Waals surface area contributed by atoms with Gasteiger partial charge in [0.1, 0.15) is 5.69 Å². The van der Waals surface area contributed by atoms with E-state index >= 15 is 0 Å². The zero-order chi connectivity index (χ0) is 19.7. The van der Waals surface area contributed by atoms with E-state index in [1.807, 2.05) is 35.0 Å². The molecule has 1 aliphatic heterocycles. The van der Waals surface area contributed by atoms with E-state index in [2.05, 4.69) is 17.1 Å². The highest BCUT2D eigenvalue weighted by Crippen LogP contribution is 2.25. The van der Waals surface area contributed by atoms with Gasteiger partial charge in [-0.25, -0.2) is 9.78 Å². The number of amides is 2. The van der Waals surface area contributed by atoms with Crippen molar-refractivity contribution in [3.05, 3.63) is 47.1 Å². The number of ether oxygens (including phenoxy) is 1. The molecule has 0 radical (unpaired) electrons. The third kappa shape index (κ3) is 3.47. The quantitative estimate of drug-likeness (QED) is 0.679. The van der Waals surface area contributed by atoms with Crippen LogP contribution in [0.3, 0.4) is 0 Å². The van der Waals surface area contributed by atoms with Crippen molar-refractivity contribution >= 4 is 28.3 Å². The van der Waals surface area contributed by atoms with Crippen LogP contribution < -0.4 is 0 Å². The molecule has 0 atom stereocenters. The number of aromatic nitrogens is 2. The lowest BCUT2D eigenvalue weighted by molar-refractivity contribution is 0.0565. The Bertz CT molecular complexity index is 1000. The molecular weight excluding hydrogens is 376 g/mol. The Hall–Kier alpha value is -2.87. The van der Waals surface area contributed by atoms with Gasteiger partial charge in [0, 0.05) is 43.3 Å². The van der Waals surface area contributed by atoms with Gasteiger partial charge >= 0.3 is 6.09 Å². The third-order valence-corrected chi connectivity index (χ3v) is 5.71. The lowest BCUT2D eigenvalue weighted by Crippen LogP contribution is -2.50. The topological polar surface area (TPSA) is 67.2 Å². The minimum Gasteiger partial charge on any atom is -0.450 e. The van der Waals surface area contributed by atoms with Gasteiger partial charge in [-0.15, -0.1) is 11.3 Å². The Morgan fingerprint density at radius 1 is 1.11 bits per heavy atom. The standard InChI is InChI=1S/C20H22N4O3S/c1-3-27-20(26)23-10-8-22(9-11-23)18(25)17-13-28-19-21-16(12-24(17)19)15-6-4-14(2)5-7-15/h4-7,12-13H,3,8-11H2,1-2H3. The highest BCUT2D eigenvalue weighted by Gasteiger charge is 2.27. The first-order valence-corrected chi connectivity index (χ1v) is 10.2. The van der Waals surface area contributed by atoms with Crippen LogP contribution in [0, 0.1) is 6.92 Å². The zero-order valence-electron chi connectivity index (χ0n) is 15.9. The minimum absolute atomic E-state index is 0.0392. The number of fused-ring (bicyclic) bond motifs is 1. The summed E-state index contributed by atoms with van der Waals surface area (Å²) in [5.74, 6) is -0.0392. The van der Waals surface area contributed by atoms with Gasteiger partial charge < -0.3 is 14.5 Å². The van der Waals surface area contributed by atoms with E-state index in [-0.39, 0.29) is 12.0 Å². The predicted molar refractivity (Wildman–Crippen MR) is 108 cm³/mol. The van der Waals surface area contributed by atoms with E-state index in [1.165, 1.54) is 16.9 Å². The van der Waals surface area contributed by atoms with Crippen LogP contribution in [0.25, 0.3) is 16.2 Å². The molecule has 4 rings (SSSR count). The number of rotatable bonds is 3. The number of hydrogen-bond donors (Lipinski definition) is 0. The molecule has 1 aromatic carbocycles. The van der Waals surface area contributed by atoms with E-state index < -0.39 is 0 Å². The van der Waals surface area contributed by atoms with Crippen LogP contribution in [0.4, 0.5) is 4.79 Å². The number of carbonyl (C=O) groups excluding carboxylic acids is 2. The largest absolute Gasteiger partial charge is 0.450 e. The Morgan fingerprint density at radius 2 is 1.79 bits per heavy atom. The number of piperazine rings is 1. The van der Waals surface area contributed by atoms with Crippen molar-refractivity contribution in [3.8, 4) is 11.3 Å². The average molecular weight is 398 g/mol. The highest BCUT2D eigenvalue weighted by atomic mass is 32.1. The second kappa shape index (κ2) is 7.63. The van der Waals surface area contributed by atoms with Crippen molar-refractivity contribution in [1.29, 1.82) is 0 Å². The molecule has 0 aliphatic carbocycles. The summed E-state index contributed by atoms with van der Waals surface area (Å²) in [6.07, 6.45) is 1.60. The molecule has 3 heterocycles. The SMILES string of the molecule is CCOC(=O)N1CCN(C(=O)c2csc3nc(-c4ccc(C)cc4)cn23)CC1. The van der Waals surface area contributed by atoms with Crippen molar-refractivity contribution < 1.29 is 14.3 Å². The molecule has 0 saturated carbocycles. The third-order valence-electron chi connectivity index (χ3n) is 4.87. The molecule has 146 valence electrons. The minimum atomic E-state index is -0.315. The molecule has 0 unspecified atom stereocenters. The average Bonchev–Trinajstić information content (AvgIpc) is 3.29. The second-order valence-electron chi connectivity index (χ2n) is 6.74. The first kappa shape index (κ1) is 18.5. The fraction of sp³-hybridized carbons (Fsp3) is 0.350. The normalized spacial score (nSPS) is 14.5. The maximum atomic E-state index is 13.0. The first-order chi connectivity index (χ1) is 13.6. The molecule has 0 N–H and O–H groups in total. The van der Waals surface area contributed by atoms with Gasteiger partial charge in [0.25, 0.3) is 5.91 Å². The molecule has 0 bridgehead atoms. The van der Waals surface area contributed by atoms with Crippen molar-refractivity contribution in [2.75, 3.05) is 32.8 Å². The monoisotopic (exact) mass is 398 g/mol. The van der Waals surface area contributed by atoms with E-state index in [4.69, 9.17) is 4.74 Å². The number of imidazole rings is 1. The zero-order valence-corrected chi connectivity index (χ0v) is 16.7. The maximum absolute atomic E-state index is 13.0. The number of aryl methyl sites for hydroxylation is 1. The number of thiazole rings is 1. The Labute approximate surface area is 167 Å². The van der Waals surface area contributed by atoms with E-state index in [9.17, 15) is 9.59 Å². The van der Waals surface area contributed by atoms with Crippen LogP contribution in [0.2, 0.25) is 0 Å². The van der Waals surface area contributed by atoms with Crippen LogP contribution in [-0.4, -0.2) is 64.0 Å². The molecular formula is C20H22N4O3S. The smallest absolute Gasteiger partial charge is 0.409 e. The van der Waals surface area contributed by atoms with E-state index in [0.29, 0.717) is 38.5 Å². The van der Waals surface area contributed by atoms with Gasteiger partial charge in [-0.3, -0.25) is 9.20 Å². The summed E-state index contributed by atoms with van der Waals surface area (Å²) in [4.78, 5) is 33.7. The number of benzene rings is 1. The second-order valence-corrected chi connectivity index (χ2v) is 7.58. The van der Waals surface area contributed by atoms with E-state index in [1.54, 1.807) is 16.7 Å². The summed E-state index contributed by atoms with van der Waals surface area (Å²) in [7, 11) is 0. The predicted octanol–water partition coefficient (Wildman–Crippen LogP) is 3.29. The fourth-order valence-electron chi connectivity index (χ4n) is 3.27. The number of carbonyl (C=O) groups is 2. The Balaban J connectivity index is 1.51. The van der Waals surface area contributed by atoms with Crippen LogP contribution in [-0.2, 0) is 4.74 Å². The molecule has 7 nitrogen and oxygen atoms in total. The van der Waals surface area contributed by atoms with Crippen LogP contribution in [0.15, 0.2) is 35.8 Å². The molecule has 1 aliphatic rings. The van der Waals surface area contributed by atoms with Gasteiger partial charge in [0.2, 0.25) is 0 Å². The first-order valence-electron chi connectivity index (χ1n) is 9.31. The van der Waals surface area contributed by atoms with Crippen LogP contribution >= 0.6 is 11.3 Å². The lowest BCUT2D eigenvalue weighted by atomic mass is 10.1. The van der Waals surface area contributed by atoms with Crippen LogP contribution in [0.5, 0.6) is 0 Å².